The second-order valence-corrected chi connectivity index (χ2v) is 8.85. The summed E-state index contributed by atoms with van der Waals surface area (Å²) in [6.45, 7) is 1.34. The third-order valence-corrected chi connectivity index (χ3v) is 6.67. The number of nitrogens with one attached hydrogen (secondary N) is 2. The number of hydrogen-bond donors (Lipinski definition) is 2. The maximum Gasteiger partial charge on any atom is 0.238 e. The minimum absolute atomic E-state index is 0.0701. The van der Waals surface area contributed by atoms with Crippen molar-refractivity contribution in [3.05, 3.63) is 30.1 Å². The molecule has 1 atom stereocenters. The van der Waals surface area contributed by atoms with Gasteiger partial charge in [0, 0.05) is 19.0 Å². The molecule has 2 N–H and O–H groups in total. The van der Waals surface area contributed by atoms with Gasteiger partial charge in [0.05, 0.1) is 4.90 Å². The summed E-state index contributed by atoms with van der Waals surface area (Å²) >= 11 is 0. The van der Waals surface area contributed by atoms with Crippen molar-refractivity contribution in [3.8, 4) is 0 Å². The number of halogens is 1. The van der Waals surface area contributed by atoms with Gasteiger partial charge >= 0.3 is 0 Å². The highest BCUT2D eigenvalue weighted by Crippen LogP contribution is 2.18. The number of sulfone groups is 1. The third kappa shape index (κ3) is 5.52. The van der Waals surface area contributed by atoms with E-state index in [2.05, 4.69) is 10.6 Å². The highest BCUT2D eigenvalue weighted by Gasteiger charge is 2.29. The normalized spacial score (nSPS) is 16.7. The van der Waals surface area contributed by atoms with Crippen LogP contribution in [0.15, 0.2) is 29.2 Å². The summed E-state index contributed by atoms with van der Waals surface area (Å²) in [6, 6.07) is 4.53. The van der Waals surface area contributed by atoms with Crippen LogP contribution >= 0.6 is 0 Å². The molecule has 1 saturated carbocycles. The molecule has 0 bridgehead atoms. The molecule has 2 amide bonds. The molecule has 1 aliphatic carbocycles. The molecule has 2 rings (SSSR count). The van der Waals surface area contributed by atoms with Gasteiger partial charge in [-0.05, 0) is 44.0 Å². The maximum atomic E-state index is 12.9. The first kappa shape index (κ1) is 20.4. The lowest BCUT2D eigenvalue weighted by Gasteiger charge is -2.22. The second-order valence-electron chi connectivity index (χ2n) is 6.58. The van der Waals surface area contributed by atoms with Gasteiger partial charge in [-0.3, -0.25) is 9.59 Å². The molecule has 0 spiro atoms. The van der Waals surface area contributed by atoms with E-state index in [1.165, 1.54) is 13.3 Å². The molecule has 0 aromatic heterocycles. The molecule has 1 fully saturated rings. The minimum Gasteiger partial charge on any atom is -0.354 e. The van der Waals surface area contributed by atoms with Crippen LogP contribution < -0.4 is 10.6 Å². The average Bonchev–Trinajstić information content (AvgIpc) is 2.62. The monoisotopic (exact) mass is 384 g/mol. The van der Waals surface area contributed by atoms with Crippen LogP contribution in [0.2, 0.25) is 0 Å². The molecular formula is C18H25FN2O4S. The molecule has 6 nitrogen and oxygen atoms in total. The fraction of sp³-hybridized carbons (Fsp3) is 0.556. The van der Waals surface area contributed by atoms with Crippen molar-refractivity contribution in [3.63, 3.8) is 0 Å². The molecule has 1 aromatic carbocycles. The fourth-order valence-electron chi connectivity index (χ4n) is 2.96. The summed E-state index contributed by atoms with van der Waals surface area (Å²) in [7, 11) is -3.91. The van der Waals surface area contributed by atoms with E-state index in [0.29, 0.717) is 0 Å². The zero-order valence-corrected chi connectivity index (χ0v) is 15.6. The number of benzene rings is 1. The number of hydrogen-bond acceptors (Lipinski definition) is 4. The van der Waals surface area contributed by atoms with E-state index in [0.717, 1.165) is 49.9 Å². The lowest BCUT2D eigenvalue weighted by atomic mass is 9.95. The smallest absolute Gasteiger partial charge is 0.238 e. The SMILES string of the molecule is CC(C(=O)NCCC(=O)NC1CCCCC1)S(=O)(=O)c1ccc(F)cc1. The van der Waals surface area contributed by atoms with Crippen molar-refractivity contribution in [1.29, 1.82) is 0 Å². The van der Waals surface area contributed by atoms with Gasteiger partial charge in [-0.15, -0.1) is 0 Å². The van der Waals surface area contributed by atoms with Gasteiger partial charge in [0.25, 0.3) is 0 Å². The molecule has 1 aliphatic rings. The summed E-state index contributed by atoms with van der Waals surface area (Å²) in [5, 5.41) is 4.10. The first-order valence-corrected chi connectivity index (χ1v) is 10.4. The lowest BCUT2D eigenvalue weighted by Crippen LogP contribution is -2.41. The van der Waals surface area contributed by atoms with Crippen molar-refractivity contribution in [2.75, 3.05) is 6.54 Å². The molecule has 26 heavy (non-hydrogen) atoms. The molecular weight excluding hydrogens is 359 g/mol. The van der Waals surface area contributed by atoms with Gasteiger partial charge in [0.1, 0.15) is 11.1 Å². The van der Waals surface area contributed by atoms with Gasteiger partial charge in [-0.1, -0.05) is 19.3 Å². The Labute approximate surface area is 153 Å². The summed E-state index contributed by atoms with van der Waals surface area (Å²) in [4.78, 5) is 23.9. The largest absolute Gasteiger partial charge is 0.354 e. The van der Waals surface area contributed by atoms with Crippen molar-refractivity contribution >= 4 is 21.7 Å². The summed E-state index contributed by atoms with van der Waals surface area (Å²) in [5.41, 5.74) is 0. The van der Waals surface area contributed by atoms with Gasteiger partial charge in [-0.25, -0.2) is 12.8 Å². The number of amides is 2. The molecule has 8 heteroatoms. The molecule has 1 unspecified atom stereocenters. The van der Waals surface area contributed by atoms with E-state index in [4.69, 9.17) is 0 Å². The van der Waals surface area contributed by atoms with Crippen LogP contribution in [0.25, 0.3) is 0 Å². The molecule has 0 radical (unpaired) electrons. The first-order chi connectivity index (χ1) is 12.3. The highest BCUT2D eigenvalue weighted by molar-refractivity contribution is 7.92. The summed E-state index contributed by atoms with van der Waals surface area (Å²) < 4.78 is 37.7. The molecule has 0 aliphatic heterocycles. The van der Waals surface area contributed by atoms with Crippen molar-refractivity contribution in [2.24, 2.45) is 0 Å². The Morgan fingerprint density at radius 2 is 1.77 bits per heavy atom. The zero-order chi connectivity index (χ0) is 19.2. The van der Waals surface area contributed by atoms with Crippen LogP contribution in [0.1, 0.15) is 45.4 Å². The predicted octanol–water partition coefficient (Wildman–Crippen LogP) is 1.94. The van der Waals surface area contributed by atoms with E-state index in [9.17, 15) is 22.4 Å². The van der Waals surface area contributed by atoms with Crippen LogP contribution in [0.4, 0.5) is 4.39 Å². The maximum absolute atomic E-state index is 12.9. The van der Waals surface area contributed by atoms with Crippen molar-refractivity contribution in [2.45, 2.75) is 61.6 Å². The van der Waals surface area contributed by atoms with Gasteiger partial charge in [0.15, 0.2) is 9.84 Å². The van der Waals surface area contributed by atoms with Crippen LogP contribution in [0.3, 0.4) is 0 Å². The molecule has 0 heterocycles. The Morgan fingerprint density at radius 3 is 2.38 bits per heavy atom. The minimum atomic E-state index is -3.91. The second kappa shape index (κ2) is 9.12. The Hall–Kier alpha value is -1.96. The average molecular weight is 384 g/mol. The Balaban J connectivity index is 1.81. The standard InChI is InChI=1S/C18H25FN2O4S/c1-13(26(24,25)16-9-7-14(19)8-10-16)18(23)20-12-11-17(22)21-15-5-3-2-4-6-15/h7-10,13,15H,2-6,11-12H2,1H3,(H,20,23)(H,21,22). The van der Waals surface area contributed by atoms with E-state index >= 15 is 0 Å². The summed E-state index contributed by atoms with van der Waals surface area (Å²) in [6.07, 6.45) is 5.48. The molecule has 1 aromatic rings. The van der Waals surface area contributed by atoms with E-state index in [1.807, 2.05) is 0 Å². The number of rotatable bonds is 7. The Bertz CT molecular complexity index is 728. The van der Waals surface area contributed by atoms with E-state index in [1.54, 1.807) is 0 Å². The van der Waals surface area contributed by atoms with Gasteiger partial charge in [-0.2, -0.15) is 0 Å². The first-order valence-electron chi connectivity index (χ1n) is 8.87. The Morgan fingerprint density at radius 1 is 1.15 bits per heavy atom. The van der Waals surface area contributed by atoms with Crippen molar-refractivity contribution < 1.29 is 22.4 Å². The summed E-state index contributed by atoms with van der Waals surface area (Å²) in [5.74, 6) is -1.38. The van der Waals surface area contributed by atoms with Crippen LogP contribution in [0, 0.1) is 5.82 Å². The Kier molecular flexibility index (Phi) is 7.14. The van der Waals surface area contributed by atoms with Crippen molar-refractivity contribution in [1.82, 2.24) is 10.6 Å². The predicted molar refractivity (Wildman–Crippen MR) is 95.7 cm³/mol. The van der Waals surface area contributed by atoms with E-state index in [-0.39, 0.29) is 29.8 Å². The van der Waals surface area contributed by atoms with Crippen LogP contribution in [-0.4, -0.2) is 38.1 Å². The van der Waals surface area contributed by atoms with E-state index < -0.39 is 26.8 Å². The van der Waals surface area contributed by atoms with Gasteiger partial charge < -0.3 is 10.6 Å². The lowest BCUT2D eigenvalue weighted by molar-refractivity contribution is -0.122. The van der Waals surface area contributed by atoms with Crippen LogP contribution in [0.5, 0.6) is 0 Å². The topological polar surface area (TPSA) is 92.3 Å². The molecule has 0 saturated heterocycles. The number of carbonyl (C=O) groups is 2. The molecule has 144 valence electrons. The quantitative estimate of drug-likeness (QED) is 0.703. The van der Waals surface area contributed by atoms with Crippen LogP contribution in [-0.2, 0) is 19.4 Å². The third-order valence-electron chi connectivity index (χ3n) is 4.60. The number of carbonyl (C=O) groups excluding carboxylic acids is 2. The fourth-order valence-corrected chi connectivity index (χ4v) is 4.25. The highest BCUT2D eigenvalue weighted by atomic mass is 32.2. The van der Waals surface area contributed by atoms with Gasteiger partial charge in [0.2, 0.25) is 11.8 Å². The zero-order valence-electron chi connectivity index (χ0n) is 14.8.